The van der Waals surface area contributed by atoms with Gasteiger partial charge in [0.1, 0.15) is 5.75 Å². The van der Waals surface area contributed by atoms with Crippen molar-refractivity contribution in [3.8, 4) is 5.75 Å². The summed E-state index contributed by atoms with van der Waals surface area (Å²) in [6, 6.07) is 7.72. The Hall–Kier alpha value is -2.09. The molecule has 0 radical (unpaired) electrons. The molecule has 0 bridgehead atoms. The summed E-state index contributed by atoms with van der Waals surface area (Å²) in [5.74, 6) is 0.696. The van der Waals surface area contributed by atoms with Crippen LogP contribution in [0.5, 0.6) is 5.75 Å². The lowest BCUT2D eigenvalue weighted by molar-refractivity contribution is 0.309. The number of ether oxygens (including phenoxy) is 1. The van der Waals surface area contributed by atoms with Crippen LogP contribution >= 0.6 is 0 Å². The molecule has 0 atom stereocenters. The fraction of sp³-hybridized carbons (Fsp3) is 0.385. The highest BCUT2D eigenvalue weighted by molar-refractivity contribution is 7.91. The Bertz CT molecular complexity index is 680. The number of aromatic nitrogens is 3. The molecule has 7 nitrogen and oxygen atoms in total. The third-order valence-electron chi connectivity index (χ3n) is 2.87. The van der Waals surface area contributed by atoms with E-state index in [4.69, 9.17) is 10.5 Å². The minimum atomic E-state index is -3.45. The van der Waals surface area contributed by atoms with E-state index in [-0.39, 0.29) is 16.9 Å². The number of nitrogens with zero attached hydrogens (tertiary/aromatic N) is 2. The van der Waals surface area contributed by atoms with E-state index in [9.17, 15) is 8.42 Å². The van der Waals surface area contributed by atoms with Crippen molar-refractivity contribution in [2.24, 2.45) is 0 Å². The van der Waals surface area contributed by atoms with Gasteiger partial charge in [0.25, 0.3) is 0 Å². The van der Waals surface area contributed by atoms with Crippen LogP contribution in [0.3, 0.4) is 0 Å². The molecule has 1 heterocycles. The molecule has 3 N–H and O–H groups in total. The highest BCUT2D eigenvalue weighted by Crippen LogP contribution is 2.12. The smallest absolute Gasteiger partial charge is 0.244 e. The predicted molar refractivity (Wildman–Crippen MR) is 78.8 cm³/mol. The van der Waals surface area contributed by atoms with Crippen LogP contribution in [0, 0.1) is 6.92 Å². The third-order valence-corrected chi connectivity index (χ3v) is 4.47. The van der Waals surface area contributed by atoms with Gasteiger partial charge in [0.15, 0.2) is 0 Å². The maximum Gasteiger partial charge on any atom is 0.244 e. The molecule has 0 saturated carbocycles. The van der Waals surface area contributed by atoms with Crippen molar-refractivity contribution in [1.82, 2.24) is 15.2 Å². The number of hydrogen-bond acceptors (Lipinski definition) is 6. The second-order valence-corrected chi connectivity index (χ2v) is 6.71. The number of nitrogens with two attached hydrogens (primary N) is 1. The van der Waals surface area contributed by atoms with Gasteiger partial charge in [-0.05, 0) is 31.9 Å². The zero-order valence-corrected chi connectivity index (χ0v) is 12.6. The Balaban J connectivity index is 1.73. The van der Waals surface area contributed by atoms with E-state index < -0.39 is 9.84 Å². The van der Waals surface area contributed by atoms with Crippen molar-refractivity contribution < 1.29 is 13.2 Å². The van der Waals surface area contributed by atoms with E-state index in [2.05, 4.69) is 15.2 Å². The fourth-order valence-corrected chi connectivity index (χ4v) is 2.91. The number of nitrogen functional groups attached to an aromatic ring is 1. The van der Waals surface area contributed by atoms with Crippen LogP contribution in [0.4, 0.5) is 5.95 Å². The molecule has 0 amide bonds. The van der Waals surface area contributed by atoms with E-state index in [0.717, 1.165) is 5.75 Å². The van der Waals surface area contributed by atoms with Crippen LogP contribution in [0.15, 0.2) is 29.4 Å². The molecule has 0 spiro atoms. The van der Waals surface area contributed by atoms with E-state index in [0.29, 0.717) is 19.4 Å². The lowest BCUT2D eigenvalue weighted by Crippen LogP contribution is -2.10. The van der Waals surface area contributed by atoms with Crippen molar-refractivity contribution in [3.05, 3.63) is 29.8 Å². The second kappa shape index (κ2) is 6.57. The third kappa shape index (κ3) is 4.45. The van der Waals surface area contributed by atoms with Crippen molar-refractivity contribution >= 4 is 15.8 Å². The number of sulfone groups is 1. The van der Waals surface area contributed by atoms with Crippen LogP contribution in [0.2, 0.25) is 0 Å². The molecule has 1 aromatic carbocycles. The molecule has 1 aromatic heterocycles. The maximum absolute atomic E-state index is 11.9. The monoisotopic (exact) mass is 310 g/mol. The number of benzene rings is 1. The SMILES string of the molecule is Cc1ccc(OCCCCS(=O)(=O)c2nc(N)n[nH]2)cc1. The number of unbranched alkanes of at least 4 members (excludes halogenated alkanes) is 1. The summed E-state index contributed by atoms with van der Waals surface area (Å²) in [6.45, 7) is 2.47. The summed E-state index contributed by atoms with van der Waals surface area (Å²) < 4.78 is 29.3. The zero-order chi connectivity index (χ0) is 15.3. The number of aryl methyl sites for hydroxylation is 1. The number of rotatable bonds is 7. The van der Waals surface area contributed by atoms with Gasteiger partial charge in [0.2, 0.25) is 20.9 Å². The van der Waals surface area contributed by atoms with Crippen molar-refractivity contribution in [1.29, 1.82) is 0 Å². The summed E-state index contributed by atoms with van der Waals surface area (Å²) in [7, 11) is -3.45. The van der Waals surface area contributed by atoms with Gasteiger partial charge in [0, 0.05) is 0 Å². The Labute approximate surface area is 123 Å². The van der Waals surface area contributed by atoms with Gasteiger partial charge >= 0.3 is 0 Å². The van der Waals surface area contributed by atoms with E-state index in [1.54, 1.807) is 0 Å². The summed E-state index contributed by atoms with van der Waals surface area (Å²) in [5.41, 5.74) is 6.46. The molecule has 114 valence electrons. The maximum atomic E-state index is 11.9. The predicted octanol–water partition coefficient (Wildman–Crippen LogP) is 1.33. The number of hydrogen-bond donors (Lipinski definition) is 2. The average molecular weight is 310 g/mol. The summed E-state index contributed by atoms with van der Waals surface area (Å²) in [5, 5.41) is 5.64. The molecule has 0 aliphatic rings. The highest BCUT2D eigenvalue weighted by atomic mass is 32.2. The molecule has 0 aliphatic carbocycles. The van der Waals surface area contributed by atoms with Crippen LogP contribution < -0.4 is 10.5 Å². The molecule has 0 unspecified atom stereocenters. The molecule has 0 aliphatic heterocycles. The molecule has 8 heteroatoms. The average Bonchev–Trinajstić information content (AvgIpc) is 2.88. The van der Waals surface area contributed by atoms with E-state index in [1.807, 2.05) is 31.2 Å². The summed E-state index contributed by atoms with van der Waals surface area (Å²) in [4.78, 5) is 3.63. The van der Waals surface area contributed by atoms with Crippen LogP contribution in [0.25, 0.3) is 0 Å². The lowest BCUT2D eigenvalue weighted by atomic mass is 10.2. The minimum Gasteiger partial charge on any atom is -0.494 e. The first kappa shape index (κ1) is 15.3. The Morgan fingerprint density at radius 1 is 1.24 bits per heavy atom. The quantitative estimate of drug-likeness (QED) is 0.746. The number of nitrogens with one attached hydrogen (secondary N) is 1. The molecular formula is C13H18N4O3S. The first-order chi connectivity index (χ1) is 9.97. The topological polar surface area (TPSA) is 111 Å². The van der Waals surface area contributed by atoms with Crippen LogP contribution in [-0.2, 0) is 9.84 Å². The highest BCUT2D eigenvalue weighted by Gasteiger charge is 2.18. The Kier molecular flexibility index (Phi) is 4.79. The van der Waals surface area contributed by atoms with Gasteiger partial charge in [0.05, 0.1) is 12.4 Å². The molecule has 2 rings (SSSR count). The van der Waals surface area contributed by atoms with Gasteiger partial charge < -0.3 is 10.5 Å². The van der Waals surface area contributed by atoms with Crippen LogP contribution in [-0.4, -0.2) is 36.0 Å². The lowest BCUT2D eigenvalue weighted by Gasteiger charge is -2.06. The molecule has 0 fully saturated rings. The summed E-state index contributed by atoms with van der Waals surface area (Å²) in [6.07, 6.45) is 1.12. The van der Waals surface area contributed by atoms with E-state index >= 15 is 0 Å². The van der Waals surface area contributed by atoms with Crippen LogP contribution in [0.1, 0.15) is 18.4 Å². The molecule has 2 aromatic rings. The summed E-state index contributed by atoms with van der Waals surface area (Å²) >= 11 is 0. The van der Waals surface area contributed by atoms with Gasteiger partial charge in [-0.25, -0.2) is 13.5 Å². The Morgan fingerprint density at radius 3 is 2.57 bits per heavy atom. The van der Waals surface area contributed by atoms with Crippen molar-refractivity contribution in [2.45, 2.75) is 24.9 Å². The number of aromatic amines is 1. The molecule has 21 heavy (non-hydrogen) atoms. The minimum absolute atomic E-state index is 0.0150. The van der Waals surface area contributed by atoms with Gasteiger partial charge in [-0.2, -0.15) is 4.98 Å². The molecular weight excluding hydrogens is 292 g/mol. The standard InChI is InChI=1S/C13H18N4O3S/c1-10-4-6-11(7-5-10)20-8-2-3-9-21(18,19)13-15-12(14)16-17-13/h4-7H,2-3,8-9H2,1H3,(H3,14,15,16,17). The van der Waals surface area contributed by atoms with Gasteiger partial charge in [-0.15, -0.1) is 5.10 Å². The molecule has 0 saturated heterocycles. The van der Waals surface area contributed by atoms with Gasteiger partial charge in [-0.3, -0.25) is 0 Å². The number of H-pyrrole nitrogens is 1. The number of anilines is 1. The normalized spacial score (nSPS) is 11.5. The van der Waals surface area contributed by atoms with E-state index in [1.165, 1.54) is 5.56 Å². The first-order valence-electron chi connectivity index (χ1n) is 6.57. The fourth-order valence-electron chi connectivity index (χ4n) is 1.71. The second-order valence-electron chi connectivity index (χ2n) is 4.69. The first-order valence-corrected chi connectivity index (χ1v) is 8.23. The van der Waals surface area contributed by atoms with Crippen molar-refractivity contribution in [3.63, 3.8) is 0 Å². The largest absolute Gasteiger partial charge is 0.494 e. The van der Waals surface area contributed by atoms with Crippen molar-refractivity contribution in [2.75, 3.05) is 18.1 Å². The Morgan fingerprint density at radius 2 is 1.95 bits per heavy atom. The zero-order valence-electron chi connectivity index (χ0n) is 11.7. The van der Waals surface area contributed by atoms with Gasteiger partial charge in [-0.1, -0.05) is 17.7 Å².